The summed E-state index contributed by atoms with van der Waals surface area (Å²) in [5, 5.41) is 20.1. The molecule has 0 saturated carbocycles. The largest absolute Gasteiger partial charge is 0.409 e. The van der Waals surface area contributed by atoms with E-state index in [1.54, 1.807) is 0 Å². The minimum atomic E-state index is -0.576. The molecule has 2 aromatic rings. The van der Waals surface area contributed by atoms with Crippen molar-refractivity contribution in [3.63, 3.8) is 0 Å². The first-order valence-electron chi connectivity index (χ1n) is 5.31. The number of carbonyl (C=O) groups is 1. The Bertz CT molecular complexity index is 685. The number of nitrogens with zero attached hydrogens (tertiary/aromatic N) is 2. The van der Waals surface area contributed by atoms with Gasteiger partial charge in [0.25, 0.3) is 5.91 Å². The summed E-state index contributed by atoms with van der Waals surface area (Å²) in [6.45, 7) is 0. The van der Waals surface area contributed by atoms with Crippen molar-refractivity contribution in [3.8, 4) is 0 Å². The van der Waals surface area contributed by atoms with Crippen molar-refractivity contribution in [1.82, 2.24) is 10.2 Å². The minimum Gasteiger partial charge on any atom is -0.409 e. The lowest BCUT2D eigenvalue weighted by atomic mass is 10.2. The molecule has 0 atom stereocenters. The van der Waals surface area contributed by atoms with Gasteiger partial charge in [-0.2, -0.15) is 5.10 Å². The number of nitrogens with two attached hydrogens (primary N) is 1. The third-order valence-electron chi connectivity index (χ3n) is 2.46. The van der Waals surface area contributed by atoms with Crippen LogP contribution < -0.4 is 11.1 Å². The molecule has 20 heavy (non-hydrogen) atoms. The molecule has 1 aromatic carbocycles. The number of nitrogens with one attached hydrogen (secondary N) is 2. The number of amides is 1. The fourth-order valence-corrected chi connectivity index (χ4v) is 1.93. The molecule has 2 rings (SSSR count). The third-order valence-corrected chi connectivity index (χ3v) is 3.26. The van der Waals surface area contributed by atoms with E-state index in [1.807, 2.05) is 0 Å². The Balaban J connectivity index is 2.29. The molecule has 0 bridgehead atoms. The minimum absolute atomic E-state index is 0.0439. The predicted octanol–water partition coefficient (Wildman–Crippen LogP) is 1.66. The van der Waals surface area contributed by atoms with Gasteiger partial charge in [0.2, 0.25) is 0 Å². The van der Waals surface area contributed by atoms with Gasteiger partial charge in [0.05, 0.1) is 21.8 Å². The molecule has 1 aromatic heterocycles. The number of H-pyrrole nitrogens is 1. The monoisotopic (exact) mass is 341 g/mol. The van der Waals surface area contributed by atoms with E-state index in [0.717, 1.165) is 0 Å². The Kier molecular flexibility index (Phi) is 3.99. The van der Waals surface area contributed by atoms with Gasteiger partial charge in [-0.3, -0.25) is 9.89 Å². The molecule has 5 N–H and O–H groups in total. The first-order valence-corrected chi connectivity index (χ1v) is 6.10. The zero-order valence-corrected chi connectivity index (χ0v) is 11.5. The topological polar surface area (TPSA) is 116 Å². The summed E-state index contributed by atoms with van der Waals surface area (Å²) >= 11 is 3.00. The summed E-state index contributed by atoms with van der Waals surface area (Å²) < 4.78 is 13.4. The predicted molar refractivity (Wildman–Crippen MR) is 73.2 cm³/mol. The lowest BCUT2D eigenvalue weighted by molar-refractivity contribution is 0.102. The second kappa shape index (κ2) is 5.70. The first-order chi connectivity index (χ1) is 9.54. The number of halogens is 2. The molecule has 1 amide bonds. The van der Waals surface area contributed by atoms with Crippen LogP contribution in [0.25, 0.3) is 0 Å². The maximum absolute atomic E-state index is 13.4. The number of rotatable bonds is 3. The van der Waals surface area contributed by atoms with Crippen LogP contribution in [-0.2, 0) is 0 Å². The highest BCUT2D eigenvalue weighted by molar-refractivity contribution is 9.10. The number of anilines is 1. The van der Waals surface area contributed by atoms with Crippen LogP contribution in [0, 0.1) is 5.82 Å². The third kappa shape index (κ3) is 2.62. The van der Waals surface area contributed by atoms with Crippen molar-refractivity contribution in [2.24, 2.45) is 10.9 Å². The normalized spacial score (nSPS) is 11.4. The Morgan fingerprint density at radius 3 is 2.95 bits per heavy atom. The molecule has 0 fully saturated rings. The Morgan fingerprint density at radius 2 is 2.25 bits per heavy atom. The quantitative estimate of drug-likeness (QED) is 0.294. The van der Waals surface area contributed by atoms with Crippen molar-refractivity contribution < 1.29 is 14.4 Å². The number of amidine groups is 1. The summed E-state index contributed by atoms with van der Waals surface area (Å²) in [7, 11) is 0. The SMILES string of the molecule is N/C(=N/O)c1cn[nH]c1NC(=O)c1cccc(F)c1Br. The number of carbonyl (C=O) groups excluding carboxylic acids is 1. The maximum Gasteiger partial charge on any atom is 0.258 e. The van der Waals surface area contributed by atoms with Gasteiger partial charge in [0.15, 0.2) is 5.84 Å². The molecule has 9 heteroatoms. The molecule has 104 valence electrons. The molecule has 0 unspecified atom stereocenters. The molecule has 0 spiro atoms. The lowest BCUT2D eigenvalue weighted by Gasteiger charge is -2.07. The van der Waals surface area contributed by atoms with Gasteiger partial charge < -0.3 is 16.3 Å². The molecule has 0 aliphatic heterocycles. The number of hydrogen-bond acceptors (Lipinski definition) is 4. The Hall–Kier alpha value is -2.42. The fourth-order valence-electron chi connectivity index (χ4n) is 1.49. The van der Waals surface area contributed by atoms with Crippen molar-refractivity contribution in [2.75, 3.05) is 5.32 Å². The summed E-state index contributed by atoms with van der Waals surface area (Å²) in [6.07, 6.45) is 1.28. The zero-order chi connectivity index (χ0) is 14.7. The van der Waals surface area contributed by atoms with Crippen LogP contribution in [0.15, 0.2) is 34.0 Å². The molecule has 0 radical (unpaired) electrons. The van der Waals surface area contributed by atoms with Gasteiger partial charge in [-0.05, 0) is 28.1 Å². The highest BCUT2D eigenvalue weighted by atomic mass is 79.9. The van der Waals surface area contributed by atoms with E-state index < -0.39 is 11.7 Å². The van der Waals surface area contributed by atoms with Gasteiger partial charge in [-0.1, -0.05) is 11.2 Å². The number of aromatic amines is 1. The second-order valence-electron chi connectivity index (χ2n) is 3.70. The van der Waals surface area contributed by atoms with E-state index >= 15 is 0 Å². The zero-order valence-electron chi connectivity index (χ0n) is 9.89. The molecule has 1 heterocycles. The fraction of sp³-hybridized carbons (Fsp3) is 0. The van der Waals surface area contributed by atoms with Gasteiger partial charge in [0, 0.05) is 0 Å². The van der Waals surface area contributed by atoms with Crippen molar-refractivity contribution in [2.45, 2.75) is 0 Å². The molecule has 0 aliphatic rings. The summed E-state index contributed by atoms with van der Waals surface area (Å²) in [6, 6.07) is 4.08. The van der Waals surface area contributed by atoms with Crippen molar-refractivity contribution in [3.05, 3.63) is 45.8 Å². The number of benzene rings is 1. The van der Waals surface area contributed by atoms with Gasteiger partial charge in [0.1, 0.15) is 11.6 Å². The molecule has 0 aliphatic carbocycles. The molecule has 7 nitrogen and oxygen atoms in total. The molecular formula is C11H9BrFN5O2. The van der Waals surface area contributed by atoms with Crippen LogP contribution in [0.1, 0.15) is 15.9 Å². The van der Waals surface area contributed by atoms with Crippen LogP contribution in [0.3, 0.4) is 0 Å². The van der Waals surface area contributed by atoms with E-state index in [-0.39, 0.29) is 27.3 Å². The van der Waals surface area contributed by atoms with Crippen molar-refractivity contribution in [1.29, 1.82) is 0 Å². The smallest absolute Gasteiger partial charge is 0.258 e. The van der Waals surface area contributed by atoms with E-state index in [9.17, 15) is 9.18 Å². The standard InChI is InChI=1S/C11H9BrFN5O2/c12-8-5(2-1-3-7(8)13)11(19)16-10-6(4-15-17-10)9(14)18-20/h1-4,20H,(H2,14,18)(H2,15,16,17,19). The Labute approximate surface area is 120 Å². The average molecular weight is 342 g/mol. The van der Waals surface area contributed by atoms with E-state index in [4.69, 9.17) is 10.9 Å². The number of oxime groups is 1. The van der Waals surface area contributed by atoms with Crippen molar-refractivity contribution >= 4 is 33.5 Å². The lowest BCUT2D eigenvalue weighted by Crippen LogP contribution is -2.19. The summed E-state index contributed by atoms with van der Waals surface area (Å²) in [5.74, 6) is -1.21. The summed E-state index contributed by atoms with van der Waals surface area (Å²) in [5.41, 5.74) is 5.75. The van der Waals surface area contributed by atoms with Crippen LogP contribution in [-0.4, -0.2) is 27.1 Å². The molecule has 0 saturated heterocycles. The van der Waals surface area contributed by atoms with Crippen LogP contribution in [0.2, 0.25) is 0 Å². The maximum atomic E-state index is 13.4. The van der Waals surface area contributed by atoms with Crippen LogP contribution >= 0.6 is 15.9 Å². The highest BCUT2D eigenvalue weighted by Gasteiger charge is 2.17. The average Bonchev–Trinajstić information content (AvgIpc) is 2.89. The van der Waals surface area contributed by atoms with Gasteiger partial charge >= 0.3 is 0 Å². The van der Waals surface area contributed by atoms with Crippen LogP contribution in [0.4, 0.5) is 10.2 Å². The van der Waals surface area contributed by atoms with E-state index in [2.05, 4.69) is 36.6 Å². The number of aromatic nitrogens is 2. The van der Waals surface area contributed by atoms with Gasteiger partial charge in [-0.25, -0.2) is 4.39 Å². The van der Waals surface area contributed by atoms with E-state index in [0.29, 0.717) is 0 Å². The van der Waals surface area contributed by atoms with E-state index in [1.165, 1.54) is 24.4 Å². The summed E-state index contributed by atoms with van der Waals surface area (Å²) in [4.78, 5) is 12.0. The van der Waals surface area contributed by atoms with Crippen LogP contribution in [0.5, 0.6) is 0 Å². The highest BCUT2D eigenvalue weighted by Crippen LogP contribution is 2.22. The first kappa shape index (κ1) is 14.0. The Morgan fingerprint density at radius 1 is 1.50 bits per heavy atom. The van der Waals surface area contributed by atoms with Gasteiger partial charge in [-0.15, -0.1) is 0 Å². The second-order valence-corrected chi connectivity index (χ2v) is 4.49. The number of hydrogen-bond donors (Lipinski definition) is 4. The molecular weight excluding hydrogens is 333 g/mol.